The van der Waals surface area contributed by atoms with Crippen LogP contribution in [0, 0.1) is 0 Å². The Morgan fingerprint density at radius 2 is 1.31 bits per heavy atom. The summed E-state index contributed by atoms with van der Waals surface area (Å²) in [6, 6.07) is 0.893. The molecule has 0 radical (unpaired) electrons. The number of rotatable bonds is 1. The molecule has 0 N–H and O–H groups in total. The standard InChI is InChI=1S/C13H23N.C2H6/c1-11-5-7-13(8-6-12(11)2)14-9-3-4-10-14;1-2/h13H,3-10H2,1-2H3;1-2H3. The molecule has 0 aromatic heterocycles. The average Bonchev–Trinajstić information content (AvgIpc) is 2.79. The van der Waals surface area contributed by atoms with Crippen LogP contribution in [0.3, 0.4) is 0 Å². The molecule has 1 nitrogen and oxygen atoms in total. The summed E-state index contributed by atoms with van der Waals surface area (Å²) in [6.45, 7) is 11.4. The smallest absolute Gasteiger partial charge is 0.0101 e. The van der Waals surface area contributed by atoms with Crippen molar-refractivity contribution in [2.75, 3.05) is 13.1 Å². The molecule has 1 fully saturated rings. The quantitative estimate of drug-likeness (QED) is 0.596. The first kappa shape index (κ1) is 13.8. The zero-order chi connectivity index (χ0) is 12.0. The van der Waals surface area contributed by atoms with Crippen LogP contribution in [-0.4, -0.2) is 24.0 Å². The van der Waals surface area contributed by atoms with Gasteiger partial charge in [0, 0.05) is 6.04 Å². The van der Waals surface area contributed by atoms with Crippen molar-refractivity contribution in [2.45, 2.75) is 72.3 Å². The molecule has 1 aliphatic carbocycles. The largest absolute Gasteiger partial charge is 0.300 e. The van der Waals surface area contributed by atoms with Crippen LogP contribution < -0.4 is 0 Å². The van der Waals surface area contributed by atoms with Crippen LogP contribution in [0.4, 0.5) is 0 Å². The molecule has 1 saturated heterocycles. The zero-order valence-corrected chi connectivity index (χ0v) is 11.7. The summed E-state index contributed by atoms with van der Waals surface area (Å²) < 4.78 is 0. The molecule has 94 valence electrons. The predicted molar refractivity (Wildman–Crippen MR) is 72.8 cm³/mol. The van der Waals surface area contributed by atoms with Crippen LogP contribution in [0.2, 0.25) is 0 Å². The fourth-order valence-electron chi connectivity index (χ4n) is 2.81. The molecule has 2 rings (SSSR count). The van der Waals surface area contributed by atoms with Gasteiger partial charge >= 0.3 is 0 Å². The summed E-state index contributed by atoms with van der Waals surface area (Å²) >= 11 is 0. The first-order valence-electron chi connectivity index (χ1n) is 7.16. The molecule has 0 aromatic carbocycles. The van der Waals surface area contributed by atoms with E-state index < -0.39 is 0 Å². The van der Waals surface area contributed by atoms with Gasteiger partial charge in [-0.05, 0) is 65.5 Å². The van der Waals surface area contributed by atoms with Crippen LogP contribution in [0.5, 0.6) is 0 Å². The normalized spacial score (nSPS) is 24.0. The van der Waals surface area contributed by atoms with Crippen LogP contribution in [0.1, 0.15) is 66.2 Å². The minimum Gasteiger partial charge on any atom is -0.300 e. The summed E-state index contributed by atoms with van der Waals surface area (Å²) in [6.07, 6.45) is 8.36. The highest BCUT2D eigenvalue weighted by molar-refractivity contribution is 5.12. The molecule has 0 unspecified atom stereocenters. The zero-order valence-electron chi connectivity index (χ0n) is 11.7. The summed E-state index contributed by atoms with van der Waals surface area (Å²) in [5.41, 5.74) is 3.32. The Morgan fingerprint density at radius 3 is 1.75 bits per heavy atom. The van der Waals surface area contributed by atoms with Gasteiger partial charge in [0.25, 0.3) is 0 Å². The van der Waals surface area contributed by atoms with E-state index in [-0.39, 0.29) is 0 Å². The van der Waals surface area contributed by atoms with Crippen LogP contribution in [0.25, 0.3) is 0 Å². The highest BCUT2D eigenvalue weighted by Gasteiger charge is 2.23. The Hall–Kier alpha value is -0.300. The molecule has 1 heteroatoms. The Bertz CT molecular complexity index is 208. The molecule has 0 amide bonds. The predicted octanol–water partition coefficient (Wildman–Crippen LogP) is 4.39. The lowest BCUT2D eigenvalue weighted by molar-refractivity contribution is 0.222. The molecule has 1 heterocycles. The lowest BCUT2D eigenvalue weighted by Crippen LogP contribution is -2.32. The minimum absolute atomic E-state index is 0.893. The molecule has 0 atom stereocenters. The molecule has 0 saturated carbocycles. The summed E-state index contributed by atoms with van der Waals surface area (Å²) in [4.78, 5) is 2.73. The fourth-order valence-corrected chi connectivity index (χ4v) is 2.81. The number of hydrogen-bond acceptors (Lipinski definition) is 1. The lowest BCUT2D eigenvalue weighted by Gasteiger charge is -2.26. The van der Waals surface area contributed by atoms with Crippen LogP contribution in [0.15, 0.2) is 11.1 Å². The van der Waals surface area contributed by atoms with Gasteiger partial charge in [0.05, 0.1) is 0 Å². The molecular weight excluding hydrogens is 194 g/mol. The van der Waals surface area contributed by atoms with Crippen molar-refractivity contribution in [1.82, 2.24) is 4.90 Å². The van der Waals surface area contributed by atoms with E-state index in [1.807, 2.05) is 13.8 Å². The Morgan fingerprint density at radius 1 is 0.875 bits per heavy atom. The van der Waals surface area contributed by atoms with Gasteiger partial charge in [-0.3, -0.25) is 0 Å². The van der Waals surface area contributed by atoms with E-state index in [1.54, 1.807) is 11.1 Å². The van der Waals surface area contributed by atoms with Crippen LogP contribution in [-0.2, 0) is 0 Å². The molecule has 0 bridgehead atoms. The van der Waals surface area contributed by atoms with Gasteiger partial charge in [0.1, 0.15) is 0 Å². The monoisotopic (exact) mass is 223 g/mol. The van der Waals surface area contributed by atoms with Gasteiger partial charge in [-0.2, -0.15) is 0 Å². The van der Waals surface area contributed by atoms with Gasteiger partial charge in [-0.1, -0.05) is 25.0 Å². The number of nitrogens with zero attached hydrogens (tertiary/aromatic N) is 1. The van der Waals surface area contributed by atoms with Crippen molar-refractivity contribution in [3.05, 3.63) is 11.1 Å². The average molecular weight is 223 g/mol. The fraction of sp³-hybridized carbons (Fsp3) is 0.867. The van der Waals surface area contributed by atoms with Crippen molar-refractivity contribution in [2.24, 2.45) is 0 Å². The molecular formula is C15H29N. The number of hydrogen-bond donors (Lipinski definition) is 0. The highest BCUT2D eigenvalue weighted by atomic mass is 15.2. The van der Waals surface area contributed by atoms with Gasteiger partial charge in [0.2, 0.25) is 0 Å². The molecule has 0 aromatic rings. The van der Waals surface area contributed by atoms with Crippen LogP contribution >= 0.6 is 0 Å². The summed E-state index contributed by atoms with van der Waals surface area (Å²) in [5, 5.41) is 0. The van der Waals surface area contributed by atoms with Crippen molar-refractivity contribution in [3.8, 4) is 0 Å². The maximum absolute atomic E-state index is 2.73. The second-order valence-electron chi connectivity index (χ2n) is 5.03. The molecule has 0 spiro atoms. The first-order valence-corrected chi connectivity index (χ1v) is 7.16. The van der Waals surface area contributed by atoms with Crippen molar-refractivity contribution >= 4 is 0 Å². The highest BCUT2D eigenvalue weighted by Crippen LogP contribution is 2.28. The molecule has 16 heavy (non-hydrogen) atoms. The second-order valence-corrected chi connectivity index (χ2v) is 5.03. The van der Waals surface area contributed by atoms with E-state index >= 15 is 0 Å². The number of likely N-dealkylation sites (tertiary alicyclic amines) is 1. The van der Waals surface area contributed by atoms with E-state index in [1.165, 1.54) is 51.6 Å². The third-order valence-corrected chi connectivity index (χ3v) is 4.09. The third-order valence-electron chi connectivity index (χ3n) is 4.09. The van der Waals surface area contributed by atoms with Crippen molar-refractivity contribution in [1.29, 1.82) is 0 Å². The maximum atomic E-state index is 2.73. The van der Waals surface area contributed by atoms with Gasteiger partial charge in [-0.25, -0.2) is 0 Å². The Labute approximate surface area is 102 Å². The van der Waals surface area contributed by atoms with E-state index in [0.29, 0.717) is 0 Å². The lowest BCUT2D eigenvalue weighted by atomic mass is 10.1. The molecule has 1 aliphatic heterocycles. The minimum atomic E-state index is 0.893. The van der Waals surface area contributed by atoms with E-state index in [4.69, 9.17) is 0 Å². The summed E-state index contributed by atoms with van der Waals surface area (Å²) in [7, 11) is 0. The van der Waals surface area contributed by atoms with Crippen molar-refractivity contribution in [3.63, 3.8) is 0 Å². The van der Waals surface area contributed by atoms with Crippen molar-refractivity contribution < 1.29 is 0 Å². The maximum Gasteiger partial charge on any atom is 0.0101 e. The Kier molecular flexibility index (Phi) is 6.12. The van der Waals surface area contributed by atoms with Gasteiger partial charge < -0.3 is 4.90 Å². The topological polar surface area (TPSA) is 3.24 Å². The Balaban J connectivity index is 0.000000606. The van der Waals surface area contributed by atoms with Gasteiger partial charge in [0.15, 0.2) is 0 Å². The number of allylic oxidation sites excluding steroid dienone is 2. The van der Waals surface area contributed by atoms with E-state index in [9.17, 15) is 0 Å². The third kappa shape index (κ3) is 3.62. The van der Waals surface area contributed by atoms with E-state index in [0.717, 1.165) is 6.04 Å². The second kappa shape index (κ2) is 7.11. The van der Waals surface area contributed by atoms with E-state index in [2.05, 4.69) is 18.7 Å². The first-order chi connectivity index (χ1) is 7.77. The molecule has 2 aliphatic rings. The van der Waals surface area contributed by atoms with Gasteiger partial charge in [-0.15, -0.1) is 0 Å². The SMILES string of the molecule is CC.CC1=C(C)CCC(N2CCCC2)CC1. The summed E-state index contributed by atoms with van der Waals surface area (Å²) in [5.74, 6) is 0.